The molecule has 47 heavy (non-hydrogen) atoms. The van der Waals surface area contributed by atoms with Crippen molar-refractivity contribution in [3.8, 4) is 22.3 Å². The van der Waals surface area contributed by atoms with Gasteiger partial charge >= 0.3 is 0 Å². The maximum absolute atomic E-state index is 6.62. The van der Waals surface area contributed by atoms with Crippen molar-refractivity contribution in [3.63, 3.8) is 0 Å². The second kappa shape index (κ2) is 12.6. The van der Waals surface area contributed by atoms with Crippen LogP contribution in [-0.4, -0.2) is 18.2 Å². The van der Waals surface area contributed by atoms with Gasteiger partial charge in [-0.25, -0.2) is 4.99 Å². The second-order valence-corrected chi connectivity index (χ2v) is 12.1. The molecule has 2 aliphatic carbocycles. The molecular formula is C43H35N3O. The highest BCUT2D eigenvalue weighted by atomic mass is 16.3. The van der Waals surface area contributed by atoms with Gasteiger partial charge < -0.3 is 10.2 Å². The zero-order valence-corrected chi connectivity index (χ0v) is 26.2. The average Bonchev–Trinajstić information content (AvgIpc) is 3.52. The van der Waals surface area contributed by atoms with E-state index in [1.807, 2.05) is 60.7 Å². The number of rotatable bonds is 6. The van der Waals surface area contributed by atoms with Crippen LogP contribution in [0.15, 0.2) is 148 Å². The predicted molar refractivity (Wildman–Crippen MR) is 196 cm³/mol. The Morgan fingerprint density at radius 1 is 0.702 bits per heavy atom. The maximum atomic E-state index is 6.62. The Hall–Kier alpha value is -5.74. The molecular weight excluding hydrogens is 574 g/mol. The summed E-state index contributed by atoms with van der Waals surface area (Å²) in [6, 6.07) is 41.9. The van der Waals surface area contributed by atoms with Crippen molar-refractivity contribution in [3.05, 3.63) is 167 Å². The summed E-state index contributed by atoms with van der Waals surface area (Å²) in [5, 5.41) is 1.14. The van der Waals surface area contributed by atoms with E-state index in [0.717, 1.165) is 70.2 Å². The number of amidine groups is 2. The van der Waals surface area contributed by atoms with Crippen LogP contribution in [0.2, 0.25) is 0 Å². The molecule has 0 radical (unpaired) electrons. The molecule has 2 N–H and O–H groups in total. The van der Waals surface area contributed by atoms with Crippen molar-refractivity contribution in [2.24, 2.45) is 15.7 Å². The van der Waals surface area contributed by atoms with Crippen molar-refractivity contribution in [1.82, 2.24) is 0 Å². The van der Waals surface area contributed by atoms with Crippen LogP contribution in [0.1, 0.15) is 46.4 Å². The van der Waals surface area contributed by atoms with Crippen molar-refractivity contribution in [2.45, 2.75) is 25.7 Å². The molecule has 0 amide bonds. The lowest BCUT2D eigenvalue weighted by atomic mass is 9.88. The Labute approximate surface area is 275 Å². The monoisotopic (exact) mass is 609 g/mol. The number of allylic oxidation sites excluding steroid dienone is 2. The summed E-state index contributed by atoms with van der Waals surface area (Å²) in [4.78, 5) is 9.99. The number of fused-ring (bicyclic) bond motifs is 4. The van der Waals surface area contributed by atoms with E-state index in [2.05, 4.69) is 78.9 Å². The third-order valence-corrected chi connectivity index (χ3v) is 9.16. The first kappa shape index (κ1) is 28.7. The van der Waals surface area contributed by atoms with E-state index in [0.29, 0.717) is 18.2 Å². The van der Waals surface area contributed by atoms with Gasteiger partial charge in [-0.05, 0) is 70.3 Å². The quantitative estimate of drug-likeness (QED) is 0.151. The number of nitrogens with zero attached hydrogens (tertiary/aromatic N) is 2. The molecule has 0 spiro atoms. The van der Waals surface area contributed by atoms with E-state index in [9.17, 15) is 0 Å². The topological polar surface area (TPSA) is 63.9 Å². The van der Waals surface area contributed by atoms with Gasteiger partial charge in [-0.1, -0.05) is 127 Å². The van der Waals surface area contributed by atoms with Crippen LogP contribution in [-0.2, 0) is 12.8 Å². The summed E-state index contributed by atoms with van der Waals surface area (Å²) < 4.78 is 6.43. The summed E-state index contributed by atoms with van der Waals surface area (Å²) in [5.41, 5.74) is 19.2. The fourth-order valence-corrected chi connectivity index (χ4v) is 6.77. The van der Waals surface area contributed by atoms with Crippen LogP contribution in [0.4, 0.5) is 0 Å². The van der Waals surface area contributed by atoms with Crippen LogP contribution in [0.5, 0.6) is 0 Å². The average molecular weight is 610 g/mol. The maximum Gasteiger partial charge on any atom is 0.157 e. The normalized spacial score (nSPS) is 14.5. The molecule has 1 aromatic heterocycles. The minimum absolute atomic E-state index is 0.434. The fourth-order valence-electron chi connectivity index (χ4n) is 6.77. The molecule has 0 atom stereocenters. The summed E-state index contributed by atoms with van der Waals surface area (Å²) >= 11 is 0. The first-order valence-corrected chi connectivity index (χ1v) is 16.3. The lowest BCUT2D eigenvalue weighted by Gasteiger charge is -2.15. The molecule has 0 saturated carbocycles. The molecule has 0 bridgehead atoms. The first-order chi connectivity index (χ1) is 23.2. The van der Waals surface area contributed by atoms with Crippen molar-refractivity contribution < 1.29 is 4.42 Å². The van der Waals surface area contributed by atoms with Crippen LogP contribution in [0.25, 0.3) is 44.9 Å². The van der Waals surface area contributed by atoms with E-state index in [-0.39, 0.29) is 0 Å². The first-order valence-electron chi connectivity index (χ1n) is 16.3. The van der Waals surface area contributed by atoms with E-state index < -0.39 is 0 Å². The van der Waals surface area contributed by atoms with Gasteiger partial charge in [0.1, 0.15) is 17.2 Å². The molecule has 6 aromatic rings. The predicted octanol–water partition coefficient (Wildman–Crippen LogP) is 9.91. The molecule has 4 nitrogen and oxygen atoms in total. The number of hydrogen-bond acceptors (Lipinski definition) is 2. The third kappa shape index (κ3) is 5.75. The summed E-state index contributed by atoms with van der Waals surface area (Å²) in [6.45, 7) is 0.475. The van der Waals surface area contributed by atoms with Gasteiger partial charge in [0.25, 0.3) is 0 Å². The Bertz CT molecular complexity index is 2200. The molecule has 0 fully saturated rings. The molecule has 228 valence electrons. The highest BCUT2D eigenvalue weighted by molar-refractivity contribution is 6.11. The van der Waals surface area contributed by atoms with Crippen molar-refractivity contribution >= 4 is 34.3 Å². The Kier molecular flexibility index (Phi) is 7.68. The second-order valence-electron chi connectivity index (χ2n) is 12.1. The van der Waals surface area contributed by atoms with E-state index in [4.69, 9.17) is 20.1 Å². The molecule has 8 rings (SSSR count). The molecule has 0 unspecified atom stereocenters. The smallest absolute Gasteiger partial charge is 0.157 e. The SMILES string of the molecule is N/C(=N\C(=N/CC1=CCCc2oc3ccc(-c4cccc5c4C=CCC5)cc3c21)c1ccccc1)c1ccc(-c2ccccc2)cc1. The van der Waals surface area contributed by atoms with E-state index >= 15 is 0 Å². The number of aryl methyl sites for hydroxylation is 2. The van der Waals surface area contributed by atoms with Gasteiger partial charge in [-0.2, -0.15) is 0 Å². The van der Waals surface area contributed by atoms with Gasteiger partial charge in [0.15, 0.2) is 5.84 Å². The molecule has 0 aliphatic heterocycles. The van der Waals surface area contributed by atoms with Crippen LogP contribution in [0.3, 0.4) is 0 Å². The van der Waals surface area contributed by atoms with Gasteiger partial charge in [0, 0.05) is 28.5 Å². The minimum Gasteiger partial charge on any atom is -0.460 e. The summed E-state index contributed by atoms with van der Waals surface area (Å²) in [6.07, 6.45) is 10.8. The Morgan fingerprint density at radius 3 is 2.30 bits per heavy atom. The van der Waals surface area contributed by atoms with Gasteiger partial charge in [0.05, 0.1) is 6.54 Å². The zero-order valence-electron chi connectivity index (χ0n) is 26.2. The number of hydrogen-bond donors (Lipinski definition) is 1. The molecule has 1 heterocycles. The Morgan fingerprint density at radius 2 is 1.47 bits per heavy atom. The van der Waals surface area contributed by atoms with Crippen LogP contribution < -0.4 is 5.73 Å². The molecule has 2 aliphatic rings. The third-order valence-electron chi connectivity index (χ3n) is 9.16. The van der Waals surface area contributed by atoms with Crippen LogP contribution in [0, 0.1) is 0 Å². The number of furan rings is 1. The zero-order chi connectivity index (χ0) is 31.6. The summed E-state index contributed by atoms with van der Waals surface area (Å²) in [5.74, 6) is 2.08. The molecule has 5 aromatic carbocycles. The van der Waals surface area contributed by atoms with Gasteiger partial charge in [-0.3, -0.25) is 4.99 Å². The van der Waals surface area contributed by atoms with Crippen LogP contribution >= 0.6 is 0 Å². The number of aliphatic imine (C=N–C) groups is 2. The Balaban J connectivity index is 1.14. The largest absolute Gasteiger partial charge is 0.460 e. The molecule has 0 saturated heterocycles. The van der Waals surface area contributed by atoms with Gasteiger partial charge in [0.2, 0.25) is 0 Å². The van der Waals surface area contributed by atoms with E-state index in [1.54, 1.807) is 0 Å². The minimum atomic E-state index is 0.434. The van der Waals surface area contributed by atoms with Crippen molar-refractivity contribution in [2.75, 3.05) is 6.54 Å². The van der Waals surface area contributed by atoms with Gasteiger partial charge in [-0.15, -0.1) is 0 Å². The summed E-state index contributed by atoms with van der Waals surface area (Å²) in [7, 11) is 0. The van der Waals surface area contributed by atoms with Crippen molar-refractivity contribution in [1.29, 1.82) is 0 Å². The lowest BCUT2D eigenvalue weighted by molar-refractivity contribution is 0.545. The molecule has 4 heteroatoms. The number of nitrogens with two attached hydrogens (primary N) is 1. The van der Waals surface area contributed by atoms with E-state index in [1.165, 1.54) is 27.8 Å². The fraction of sp³-hybridized carbons (Fsp3) is 0.116. The lowest BCUT2D eigenvalue weighted by Crippen LogP contribution is -2.16. The highest BCUT2D eigenvalue weighted by Crippen LogP contribution is 2.39. The highest BCUT2D eigenvalue weighted by Gasteiger charge is 2.22. The standard InChI is InChI=1S/C43H35N3O/c44-42(32-23-21-30(22-24-32)29-11-3-1-4-12-29)46-43(33-14-5-2-6-15-33)45-28-35-17-10-20-40-41(35)38-27-34(25-26-39(38)47-40)37-19-9-16-31-13-7-8-18-36(31)37/h1-6,8-9,11-12,14-19,21-27H,7,10,13,20,28H2,(H2,44,45,46). The number of benzene rings is 5.